The summed E-state index contributed by atoms with van der Waals surface area (Å²) in [6, 6.07) is 16.8. The van der Waals surface area contributed by atoms with Gasteiger partial charge in [-0.15, -0.1) is 0 Å². The maximum Gasteiger partial charge on any atom is 0.335 e. The lowest BCUT2D eigenvalue weighted by molar-refractivity contribution is 0.429. The van der Waals surface area contributed by atoms with Crippen molar-refractivity contribution < 1.29 is 5.11 Å². The summed E-state index contributed by atoms with van der Waals surface area (Å²) < 4.78 is 1.10. The summed E-state index contributed by atoms with van der Waals surface area (Å²) in [5.41, 5.74) is 4.38. The molecule has 1 unspecified atom stereocenters. The van der Waals surface area contributed by atoms with E-state index in [9.17, 15) is 14.7 Å². The van der Waals surface area contributed by atoms with Gasteiger partial charge >= 0.3 is 5.69 Å². The molecule has 4 rings (SSSR count). The van der Waals surface area contributed by atoms with Gasteiger partial charge in [0.1, 0.15) is 5.56 Å². The van der Waals surface area contributed by atoms with Crippen molar-refractivity contribution in [3.8, 4) is 11.6 Å². The SMILES string of the molecule is Cc1ccccc1-n1c(O)c(C2=NNC(c3ccccc3)C2)c(=O)[nH]c1=O. The van der Waals surface area contributed by atoms with E-state index in [1.807, 2.05) is 49.4 Å². The Morgan fingerprint density at radius 2 is 1.78 bits per heavy atom. The van der Waals surface area contributed by atoms with E-state index in [1.54, 1.807) is 12.1 Å². The van der Waals surface area contributed by atoms with Crippen LogP contribution in [0.25, 0.3) is 5.69 Å². The molecule has 1 atom stereocenters. The summed E-state index contributed by atoms with van der Waals surface area (Å²) >= 11 is 0. The number of benzene rings is 2. The highest BCUT2D eigenvalue weighted by Gasteiger charge is 2.27. The van der Waals surface area contributed by atoms with Crippen molar-refractivity contribution in [3.63, 3.8) is 0 Å². The molecule has 7 nitrogen and oxygen atoms in total. The number of hydrogen-bond acceptors (Lipinski definition) is 5. The number of hydrogen-bond donors (Lipinski definition) is 3. The van der Waals surface area contributed by atoms with Gasteiger partial charge < -0.3 is 10.5 Å². The minimum absolute atomic E-state index is 0.00350. The molecule has 0 saturated carbocycles. The average Bonchev–Trinajstić information content (AvgIpc) is 3.13. The summed E-state index contributed by atoms with van der Waals surface area (Å²) in [6.45, 7) is 1.83. The standard InChI is InChI=1S/C20H18N4O3/c1-12-7-5-6-10-16(12)24-19(26)17(18(25)21-20(24)27)15-11-14(22-23-15)13-8-3-2-4-9-13/h2-10,14,22,26H,11H2,1H3,(H,21,25,27). The van der Waals surface area contributed by atoms with Crippen LogP contribution in [0.5, 0.6) is 5.88 Å². The zero-order valence-electron chi connectivity index (χ0n) is 14.6. The van der Waals surface area contributed by atoms with E-state index in [0.29, 0.717) is 17.8 Å². The number of aromatic hydroxyl groups is 1. The van der Waals surface area contributed by atoms with Crippen LogP contribution in [0.3, 0.4) is 0 Å². The number of hydrazone groups is 1. The molecule has 3 N–H and O–H groups in total. The Morgan fingerprint density at radius 1 is 1.07 bits per heavy atom. The first-order valence-electron chi connectivity index (χ1n) is 8.58. The summed E-state index contributed by atoms with van der Waals surface area (Å²) in [5.74, 6) is -0.410. The van der Waals surface area contributed by atoms with Gasteiger partial charge in [-0.2, -0.15) is 5.10 Å². The van der Waals surface area contributed by atoms with E-state index in [4.69, 9.17) is 0 Å². The second kappa shape index (κ2) is 6.60. The Bertz CT molecular complexity index is 1150. The van der Waals surface area contributed by atoms with Crippen molar-refractivity contribution in [2.75, 3.05) is 0 Å². The van der Waals surface area contributed by atoms with Crippen molar-refractivity contribution >= 4 is 5.71 Å². The molecular formula is C20H18N4O3. The van der Waals surface area contributed by atoms with Crippen LogP contribution < -0.4 is 16.7 Å². The molecule has 136 valence electrons. The quantitative estimate of drug-likeness (QED) is 0.663. The van der Waals surface area contributed by atoms with E-state index >= 15 is 0 Å². The highest BCUT2D eigenvalue weighted by Crippen LogP contribution is 2.27. The number of aromatic amines is 1. The molecule has 7 heteroatoms. The summed E-state index contributed by atoms with van der Waals surface area (Å²) in [6.07, 6.45) is 0.423. The van der Waals surface area contributed by atoms with E-state index in [0.717, 1.165) is 15.7 Å². The van der Waals surface area contributed by atoms with Crippen molar-refractivity contribution in [2.24, 2.45) is 5.10 Å². The molecule has 0 fully saturated rings. The summed E-state index contributed by atoms with van der Waals surface area (Å²) in [4.78, 5) is 27.1. The molecule has 3 aromatic rings. The Labute approximate surface area is 154 Å². The number of nitrogens with zero attached hydrogens (tertiary/aromatic N) is 2. The third-order valence-electron chi connectivity index (χ3n) is 4.69. The van der Waals surface area contributed by atoms with E-state index < -0.39 is 17.1 Å². The first-order chi connectivity index (χ1) is 13.1. The lowest BCUT2D eigenvalue weighted by Gasteiger charge is -2.13. The van der Waals surface area contributed by atoms with Crippen LogP contribution in [-0.2, 0) is 0 Å². The molecular weight excluding hydrogens is 344 g/mol. The summed E-state index contributed by atoms with van der Waals surface area (Å²) in [7, 11) is 0. The number of H-pyrrole nitrogens is 1. The van der Waals surface area contributed by atoms with Crippen molar-refractivity contribution in [2.45, 2.75) is 19.4 Å². The number of nitrogens with one attached hydrogen (secondary N) is 2. The Morgan fingerprint density at radius 3 is 2.52 bits per heavy atom. The van der Waals surface area contributed by atoms with Gasteiger partial charge in [-0.1, -0.05) is 48.5 Å². The van der Waals surface area contributed by atoms with Gasteiger partial charge in [0.05, 0.1) is 17.4 Å². The first kappa shape index (κ1) is 16.8. The molecule has 1 aliphatic heterocycles. The lowest BCUT2D eigenvalue weighted by atomic mass is 10.00. The van der Waals surface area contributed by atoms with Gasteiger partial charge in [-0.25, -0.2) is 9.36 Å². The highest BCUT2D eigenvalue weighted by molar-refractivity contribution is 6.03. The van der Waals surface area contributed by atoms with Crippen LogP contribution in [0.15, 0.2) is 69.3 Å². The first-order valence-corrected chi connectivity index (χ1v) is 8.58. The normalized spacial score (nSPS) is 16.0. The van der Waals surface area contributed by atoms with Crippen LogP contribution in [0.2, 0.25) is 0 Å². The predicted octanol–water partition coefficient (Wildman–Crippen LogP) is 1.98. The van der Waals surface area contributed by atoms with Crippen LogP contribution in [0, 0.1) is 6.92 Å². The second-order valence-electron chi connectivity index (χ2n) is 6.43. The van der Waals surface area contributed by atoms with Gasteiger partial charge in [-0.3, -0.25) is 9.78 Å². The molecule has 0 aliphatic carbocycles. The molecule has 1 aliphatic rings. The maximum atomic E-state index is 12.4. The number of rotatable bonds is 3. The third-order valence-corrected chi connectivity index (χ3v) is 4.69. The maximum absolute atomic E-state index is 12.4. The molecule has 1 aromatic heterocycles. The van der Waals surface area contributed by atoms with Crippen molar-refractivity contribution in [1.82, 2.24) is 15.0 Å². The molecule has 0 amide bonds. The average molecular weight is 362 g/mol. The zero-order chi connectivity index (χ0) is 19.0. The van der Waals surface area contributed by atoms with Gasteiger partial charge in [0.25, 0.3) is 5.56 Å². The second-order valence-corrected chi connectivity index (χ2v) is 6.43. The lowest BCUT2D eigenvalue weighted by Crippen LogP contribution is -2.33. The third kappa shape index (κ3) is 2.93. The van der Waals surface area contributed by atoms with Crippen molar-refractivity contribution in [1.29, 1.82) is 0 Å². The minimum atomic E-state index is -0.693. The number of aromatic nitrogens is 2. The van der Waals surface area contributed by atoms with Crippen LogP contribution >= 0.6 is 0 Å². The van der Waals surface area contributed by atoms with Crippen LogP contribution in [0.1, 0.15) is 29.2 Å². The van der Waals surface area contributed by atoms with Gasteiger partial charge in [0.2, 0.25) is 5.88 Å². The topological polar surface area (TPSA) is 99.5 Å². The molecule has 0 spiro atoms. The molecule has 0 saturated heterocycles. The monoisotopic (exact) mass is 362 g/mol. The molecule has 2 aromatic carbocycles. The molecule has 0 bridgehead atoms. The molecule has 27 heavy (non-hydrogen) atoms. The number of para-hydroxylation sites is 1. The van der Waals surface area contributed by atoms with Gasteiger partial charge in [-0.05, 0) is 24.1 Å². The van der Waals surface area contributed by atoms with E-state index in [1.165, 1.54) is 0 Å². The van der Waals surface area contributed by atoms with E-state index in [2.05, 4.69) is 15.5 Å². The molecule has 2 heterocycles. The fourth-order valence-electron chi connectivity index (χ4n) is 3.30. The Balaban J connectivity index is 1.79. The zero-order valence-corrected chi connectivity index (χ0v) is 14.6. The van der Waals surface area contributed by atoms with Crippen molar-refractivity contribution in [3.05, 3.63) is 92.1 Å². The van der Waals surface area contributed by atoms with Gasteiger partial charge in [0.15, 0.2) is 0 Å². The van der Waals surface area contributed by atoms with Crippen LogP contribution in [0.4, 0.5) is 0 Å². The molecule has 0 radical (unpaired) electrons. The Kier molecular flexibility index (Phi) is 4.12. The fraction of sp³-hybridized carbons (Fsp3) is 0.150. The van der Waals surface area contributed by atoms with Crippen LogP contribution in [-0.4, -0.2) is 20.4 Å². The van der Waals surface area contributed by atoms with E-state index in [-0.39, 0.29) is 11.6 Å². The summed E-state index contributed by atoms with van der Waals surface area (Å²) in [5, 5.41) is 15.0. The minimum Gasteiger partial charge on any atom is -0.493 e. The highest BCUT2D eigenvalue weighted by atomic mass is 16.3. The van der Waals surface area contributed by atoms with Gasteiger partial charge in [0, 0.05) is 6.42 Å². The largest absolute Gasteiger partial charge is 0.493 e. The smallest absolute Gasteiger partial charge is 0.335 e. The fourth-order valence-corrected chi connectivity index (χ4v) is 3.30. The number of aryl methyl sites for hydroxylation is 1. The Hall–Kier alpha value is -3.61. The predicted molar refractivity (Wildman–Crippen MR) is 103 cm³/mol.